The lowest BCUT2D eigenvalue weighted by molar-refractivity contribution is 0.746. The summed E-state index contributed by atoms with van der Waals surface area (Å²) in [5, 5.41) is 0. The Morgan fingerprint density at radius 3 is 2.83 bits per heavy atom. The summed E-state index contributed by atoms with van der Waals surface area (Å²) in [6.07, 6.45) is 1.52. The molecule has 6 heteroatoms. The van der Waals surface area contributed by atoms with E-state index < -0.39 is 0 Å². The number of benzene rings is 1. The van der Waals surface area contributed by atoms with Crippen molar-refractivity contribution >= 4 is 27.1 Å². The lowest BCUT2D eigenvalue weighted by atomic mass is 10.2. The third-order valence-corrected chi connectivity index (χ3v) is 3.02. The number of fused-ring (bicyclic) bond motifs is 1. The van der Waals surface area contributed by atoms with Crippen molar-refractivity contribution in [2.24, 2.45) is 0 Å². The van der Waals surface area contributed by atoms with Gasteiger partial charge in [-0.2, -0.15) is 0 Å². The van der Waals surface area contributed by atoms with Gasteiger partial charge in [0.05, 0.1) is 6.54 Å². The zero-order valence-electron chi connectivity index (χ0n) is 9.30. The van der Waals surface area contributed by atoms with Gasteiger partial charge in [-0.1, -0.05) is 30.3 Å². The molecule has 0 saturated carbocycles. The largest absolute Gasteiger partial charge is 0.327 e. The van der Waals surface area contributed by atoms with E-state index in [1.54, 1.807) is 4.57 Å². The van der Waals surface area contributed by atoms with Crippen LogP contribution in [0.1, 0.15) is 5.56 Å². The first-order chi connectivity index (χ1) is 8.74. The molecule has 0 saturated heterocycles. The smallest absolute Gasteiger partial charge is 0.279 e. The summed E-state index contributed by atoms with van der Waals surface area (Å²) in [7, 11) is 0. The van der Waals surface area contributed by atoms with Crippen LogP contribution in [0, 0.1) is 0 Å². The minimum Gasteiger partial charge on any atom is -0.327 e. The van der Waals surface area contributed by atoms with Crippen LogP contribution in [0.5, 0.6) is 0 Å². The van der Waals surface area contributed by atoms with E-state index in [1.807, 2.05) is 30.3 Å². The Kier molecular flexibility index (Phi) is 2.71. The lowest BCUT2D eigenvalue weighted by Gasteiger charge is -2.04. The molecule has 0 unspecified atom stereocenters. The lowest BCUT2D eigenvalue weighted by Crippen LogP contribution is -2.21. The van der Waals surface area contributed by atoms with E-state index in [1.165, 1.54) is 6.33 Å². The highest BCUT2D eigenvalue weighted by molar-refractivity contribution is 9.10. The van der Waals surface area contributed by atoms with Crippen molar-refractivity contribution < 1.29 is 0 Å². The number of halogens is 1. The van der Waals surface area contributed by atoms with Crippen molar-refractivity contribution in [3.8, 4) is 0 Å². The number of hydrogen-bond donors (Lipinski definition) is 1. The molecule has 0 aliphatic heterocycles. The van der Waals surface area contributed by atoms with Gasteiger partial charge in [0.1, 0.15) is 6.33 Å². The molecule has 3 rings (SSSR count). The van der Waals surface area contributed by atoms with E-state index in [-0.39, 0.29) is 5.56 Å². The molecule has 0 radical (unpaired) electrons. The van der Waals surface area contributed by atoms with Crippen LogP contribution in [0.2, 0.25) is 0 Å². The second kappa shape index (κ2) is 4.38. The number of nitrogens with zero attached hydrogens (tertiary/aromatic N) is 3. The van der Waals surface area contributed by atoms with E-state index in [0.29, 0.717) is 22.4 Å². The molecule has 3 aromatic rings. The van der Waals surface area contributed by atoms with Gasteiger partial charge in [-0.3, -0.25) is 9.36 Å². The Labute approximate surface area is 111 Å². The molecule has 5 nitrogen and oxygen atoms in total. The second-order valence-corrected chi connectivity index (χ2v) is 4.64. The Bertz CT molecular complexity index is 748. The minimum atomic E-state index is -0.123. The minimum absolute atomic E-state index is 0.123. The van der Waals surface area contributed by atoms with Gasteiger partial charge < -0.3 is 4.98 Å². The summed E-state index contributed by atoms with van der Waals surface area (Å²) >= 11 is 3.20. The van der Waals surface area contributed by atoms with Crippen LogP contribution in [0.3, 0.4) is 0 Å². The summed E-state index contributed by atoms with van der Waals surface area (Å²) in [6.45, 7) is 0.499. The SMILES string of the molecule is O=c1c2[nH]c(Br)nc2ncn1Cc1ccccc1. The molecular formula is C12H9BrN4O. The van der Waals surface area contributed by atoms with Crippen molar-refractivity contribution in [2.75, 3.05) is 0 Å². The van der Waals surface area contributed by atoms with E-state index in [2.05, 4.69) is 30.9 Å². The van der Waals surface area contributed by atoms with Crippen LogP contribution in [0.4, 0.5) is 0 Å². The van der Waals surface area contributed by atoms with Crippen LogP contribution < -0.4 is 5.56 Å². The van der Waals surface area contributed by atoms with Gasteiger partial charge in [-0.25, -0.2) is 9.97 Å². The molecule has 2 heterocycles. The molecule has 2 aromatic heterocycles. The molecule has 0 atom stereocenters. The third kappa shape index (κ3) is 1.95. The van der Waals surface area contributed by atoms with Crippen molar-refractivity contribution in [1.29, 1.82) is 0 Å². The maximum absolute atomic E-state index is 12.2. The normalized spacial score (nSPS) is 10.9. The number of imidazole rings is 1. The number of aromatic nitrogens is 4. The highest BCUT2D eigenvalue weighted by atomic mass is 79.9. The molecule has 0 amide bonds. The first kappa shape index (κ1) is 11.2. The first-order valence-electron chi connectivity index (χ1n) is 5.38. The summed E-state index contributed by atoms with van der Waals surface area (Å²) < 4.78 is 2.07. The van der Waals surface area contributed by atoms with Gasteiger partial charge >= 0.3 is 0 Å². The Morgan fingerprint density at radius 1 is 1.28 bits per heavy atom. The topological polar surface area (TPSA) is 63.6 Å². The molecular weight excluding hydrogens is 296 g/mol. The number of rotatable bonds is 2. The summed E-state index contributed by atoms with van der Waals surface area (Å²) in [4.78, 5) is 23.2. The van der Waals surface area contributed by atoms with Crippen LogP contribution in [0.15, 0.2) is 46.2 Å². The predicted molar refractivity (Wildman–Crippen MR) is 71.4 cm³/mol. The Morgan fingerprint density at radius 2 is 2.06 bits per heavy atom. The number of H-pyrrole nitrogens is 1. The Hall–Kier alpha value is -1.95. The average Bonchev–Trinajstić information content (AvgIpc) is 2.76. The van der Waals surface area contributed by atoms with Crippen molar-refractivity contribution in [3.05, 3.63) is 57.3 Å². The fraction of sp³-hybridized carbons (Fsp3) is 0.0833. The maximum atomic E-state index is 12.2. The van der Waals surface area contributed by atoms with Crippen LogP contribution in [-0.2, 0) is 6.54 Å². The van der Waals surface area contributed by atoms with Gasteiger partial charge in [0, 0.05) is 0 Å². The predicted octanol–water partition coefficient (Wildman–Crippen LogP) is 1.93. The highest BCUT2D eigenvalue weighted by Crippen LogP contribution is 2.09. The number of aromatic amines is 1. The van der Waals surface area contributed by atoms with Gasteiger partial charge in [0.25, 0.3) is 5.56 Å². The van der Waals surface area contributed by atoms with Crippen LogP contribution >= 0.6 is 15.9 Å². The fourth-order valence-electron chi connectivity index (χ4n) is 1.79. The number of hydrogen-bond acceptors (Lipinski definition) is 3. The first-order valence-corrected chi connectivity index (χ1v) is 6.18. The molecule has 0 spiro atoms. The van der Waals surface area contributed by atoms with Crippen molar-refractivity contribution in [2.45, 2.75) is 6.54 Å². The van der Waals surface area contributed by atoms with Gasteiger partial charge in [-0.05, 0) is 21.5 Å². The molecule has 90 valence electrons. The monoisotopic (exact) mass is 304 g/mol. The zero-order chi connectivity index (χ0) is 12.5. The van der Waals surface area contributed by atoms with Crippen molar-refractivity contribution in [1.82, 2.24) is 19.5 Å². The van der Waals surface area contributed by atoms with Crippen molar-refractivity contribution in [3.63, 3.8) is 0 Å². The third-order valence-electron chi connectivity index (χ3n) is 2.65. The van der Waals surface area contributed by atoms with Crippen LogP contribution in [0.25, 0.3) is 11.2 Å². The molecule has 0 bridgehead atoms. The van der Waals surface area contributed by atoms with Gasteiger partial charge in [0.2, 0.25) is 0 Å². The van der Waals surface area contributed by atoms with Gasteiger partial charge in [-0.15, -0.1) is 0 Å². The molecule has 1 N–H and O–H groups in total. The number of nitrogens with one attached hydrogen (secondary N) is 1. The summed E-state index contributed by atoms with van der Waals surface area (Å²) in [5.74, 6) is 0. The molecule has 0 aliphatic rings. The quantitative estimate of drug-likeness (QED) is 0.736. The van der Waals surface area contributed by atoms with E-state index in [0.717, 1.165) is 5.56 Å². The highest BCUT2D eigenvalue weighted by Gasteiger charge is 2.08. The standard InChI is InChI=1S/C12H9BrN4O/c13-12-15-9-10(16-12)14-7-17(11(9)18)6-8-4-2-1-3-5-8/h1-5,7H,6H2,(H,15,16). The second-order valence-electron chi connectivity index (χ2n) is 3.89. The Balaban J connectivity index is 2.08. The van der Waals surface area contributed by atoms with Crippen LogP contribution in [-0.4, -0.2) is 19.5 Å². The average molecular weight is 305 g/mol. The molecule has 18 heavy (non-hydrogen) atoms. The summed E-state index contributed by atoms with van der Waals surface area (Å²) in [6, 6.07) is 9.77. The van der Waals surface area contributed by atoms with E-state index in [9.17, 15) is 4.79 Å². The van der Waals surface area contributed by atoms with E-state index in [4.69, 9.17) is 0 Å². The fourth-order valence-corrected chi connectivity index (χ4v) is 2.16. The zero-order valence-corrected chi connectivity index (χ0v) is 10.9. The molecule has 0 fully saturated rings. The molecule has 0 aliphatic carbocycles. The maximum Gasteiger partial charge on any atom is 0.279 e. The molecule has 1 aromatic carbocycles. The van der Waals surface area contributed by atoms with E-state index >= 15 is 0 Å². The summed E-state index contributed by atoms with van der Waals surface area (Å²) in [5.41, 5.74) is 1.78. The van der Waals surface area contributed by atoms with Gasteiger partial charge in [0.15, 0.2) is 15.9 Å².